The number of benzene rings is 21. The second-order valence-electron chi connectivity index (χ2n) is 34.6. The fourth-order valence-corrected chi connectivity index (χ4v) is 20.3. The molecular weight excluding hydrogens is 1540 g/mol. The maximum atomic E-state index is 2.43. The highest BCUT2D eigenvalue weighted by atomic mass is 15.0. The number of fused-ring (bicyclic) bond motifs is 10. The smallest absolute Gasteiger partial charge is 0.0491 e. The van der Waals surface area contributed by atoms with Crippen LogP contribution in [0.25, 0.3) is 231 Å². The molecule has 0 fully saturated rings. The lowest BCUT2D eigenvalue weighted by atomic mass is 9.83. The lowest BCUT2D eigenvalue weighted by Gasteiger charge is -2.20. The molecule has 21 aromatic carbocycles. The lowest BCUT2D eigenvalue weighted by Crippen LogP contribution is -1.93. The zero-order valence-corrected chi connectivity index (χ0v) is 72.9. The second-order valence-corrected chi connectivity index (χ2v) is 34.6. The minimum absolute atomic E-state index is 0.946. The third-order valence-corrected chi connectivity index (χ3v) is 26.6. The van der Waals surface area contributed by atoms with Gasteiger partial charge in [-0.3, -0.25) is 0 Å². The number of hydrogen-bond acceptors (Lipinski definition) is 0. The van der Waals surface area contributed by atoms with E-state index >= 15 is 0 Å². The predicted octanol–water partition coefficient (Wildman–Crippen LogP) is 35.1. The van der Waals surface area contributed by atoms with E-state index < -0.39 is 0 Å². The summed E-state index contributed by atoms with van der Waals surface area (Å²) in [7, 11) is 0. The Bertz CT molecular complexity index is 8230. The fraction of sp³-hybridized carbons (Fsp3) is 0.0635. The SMILES string of the molecule is CCn1c2ccccc2c2cc(-c3ccc(-c4ccc(-c5c6ccc(-c7cccc(C)c7)cc6c(-c6ccc(-c7ccccc7)cc6)c6ccc(-c7cccc(C)c7)cc56)cc4)cc3)ccc21.CCn1c2ccccc2c2cc(-c3ccc(-c4ccc(-c5c6ccc(-c7cccc(C)c7)cc6c(-c6ccccc6)c6ccc(-c7cccc(C)c7)cc56)cc4)cc3)ccc21. The highest BCUT2D eigenvalue weighted by Crippen LogP contribution is 2.50. The molecule has 0 saturated carbocycles. The molecule has 0 atom stereocenters. The Hall–Kier alpha value is -15.7. The van der Waals surface area contributed by atoms with Crippen LogP contribution in [0.1, 0.15) is 36.1 Å². The van der Waals surface area contributed by atoms with E-state index in [9.17, 15) is 0 Å². The van der Waals surface area contributed by atoms with Crippen LogP contribution in [-0.2, 0) is 13.1 Å². The van der Waals surface area contributed by atoms with E-state index in [0.29, 0.717) is 0 Å². The largest absolute Gasteiger partial charge is 0.341 e. The highest BCUT2D eigenvalue weighted by Gasteiger charge is 2.24. The molecule has 608 valence electrons. The lowest BCUT2D eigenvalue weighted by molar-refractivity contribution is 0.827. The van der Waals surface area contributed by atoms with Crippen LogP contribution in [0, 0.1) is 27.7 Å². The van der Waals surface area contributed by atoms with Crippen molar-refractivity contribution in [3.8, 4) is 145 Å². The van der Waals surface area contributed by atoms with E-state index in [1.807, 2.05) is 0 Å². The maximum Gasteiger partial charge on any atom is 0.0491 e. The van der Waals surface area contributed by atoms with Gasteiger partial charge >= 0.3 is 0 Å². The third kappa shape index (κ3) is 14.4. The van der Waals surface area contributed by atoms with Crippen LogP contribution in [0.4, 0.5) is 0 Å². The van der Waals surface area contributed by atoms with Gasteiger partial charge in [0.25, 0.3) is 0 Å². The minimum Gasteiger partial charge on any atom is -0.341 e. The summed E-state index contributed by atoms with van der Waals surface area (Å²) in [6.45, 7) is 15.0. The van der Waals surface area contributed by atoms with Crippen LogP contribution in [0.15, 0.2) is 437 Å². The van der Waals surface area contributed by atoms with E-state index in [1.54, 1.807) is 0 Å². The molecule has 0 bridgehead atoms. The van der Waals surface area contributed by atoms with Gasteiger partial charge in [-0.05, 0) is 290 Å². The topological polar surface area (TPSA) is 9.86 Å². The number of aryl methyl sites for hydroxylation is 6. The average molecular weight is 1640 g/mol. The molecule has 0 saturated heterocycles. The summed E-state index contributed by atoms with van der Waals surface area (Å²) in [5.74, 6) is 0. The van der Waals surface area contributed by atoms with E-state index in [2.05, 4.69) is 487 Å². The molecule has 0 unspecified atom stereocenters. The van der Waals surface area contributed by atoms with Crippen LogP contribution in [0.5, 0.6) is 0 Å². The number of para-hydroxylation sites is 2. The van der Waals surface area contributed by atoms with Gasteiger partial charge in [-0.15, -0.1) is 0 Å². The summed E-state index contributed by atoms with van der Waals surface area (Å²) in [6, 6.07) is 163. The molecule has 128 heavy (non-hydrogen) atoms. The molecule has 0 aliphatic heterocycles. The zero-order chi connectivity index (χ0) is 86.0. The van der Waals surface area contributed by atoms with Crippen LogP contribution in [0.3, 0.4) is 0 Å². The number of nitrogens with zero attached hydrogens (tertiary/aromatic N) is 2. The summed E-state index contributed by atoms with van der Waals surface area (Å²) in [4.78, 5) is 0. The van der Waals surface area contributed by atoms with Crippen molar-refractivity contribution in [2.24, 2.45) is 0 Å². The predicted molar refractivity (Wildman–Crippen MR) is 550 cm³/mol. The van der Waals surface area contributed by atoms with Crippen molar-refractivity contribution in [2.45, 2.75) is 54.6 Å². The number of aromatic nitrogens is 2. The van der Waals surface area contributed by atoms with Gasteiger partial charge in [-0.25, -0.2) is 0 Å². The van der Waals surface area contributed by atoms with E-state index in [0.717, 1.165) is 13.1 Å². The van der Waals surface area contributed by atoms with Gasteiger partial charge in [-0.1, -0.05) is 398 Å². The molecule has 0 radical (unpaired) electrons. The van der Waals surface area contributed by atoms with E-state index in [4.69, 9.17) is 0 Å². The first-order valence-corrected chi connectivity index (χ1v) is 45.0. The Balaban J connectivity index is 0.000000151. The van der Waals surface area contributed by atoms with Crippen molar-refractivity contribution in [1.82, 2.24) is 9.13 Å². The van der Waals surface area contributed by atoms with E-state index in [-0.39, 0.29) is 0 Å². The molecule has 0 amide bonds. The molecule has 0 N–H and O–H groups in total. The van der Waals surface area contributed by atoms with Crippen LogP contribution >= 0.6 is 0 Å². The molecule has 23 rings (SSSR count). The van der Waals surface area contributed by atoms with Crippen molar-refractivity contribution in [2.75, 3.05) is 0 Å². The number of hydrogen-bond donors (Lipinski definition) is 0. The molecule has 0 aliphatic carbocycles. The van der Waals surface area contributed by atoms with Crippen molar-refractivity contribution in [3.63, 3.8) is 0 Å². The maximum absolute atomic E-state index is 2.43. The Morgan fingerprint density at radius 3 is 0.602 bits per heavy atom. The molecule has 2 heterocycles. The third-order valence-electron chi connectivity index (χ3n) is 26.6. The highest BCUT2D eigenvalue weighted by molar-refractivity contribution is 6.25. The Morgan fingerprint density at radius 2 is 0.320 bits per heavy atom. The summed E-state index contributed by atoms with van der Waals surface area (Å²) >= 11 is 0. The Kier molecular flexibility index (Phi) is 20.2. The van der Waals surface area contributed by atoms with Crippen molar-refractivity contribution >= 4 is 86.7 Å². The van der Waals surface area contributed by atoms with Gasteiger partial charge in [0, 0.05) is 56.7 Å². The van der Waals surface area contributed by atoms with E-state index in [1.165, 1.54) is 254 Å². The van der Waals surface area contributed by atoms with Gasteiger partial charge in [0.2, 0.25) is 0 Å². The summed E-state index contributed by atoms with van der Waals surface area (Å²) in [6.07, 6.45) is 0. The van der Waals surface area contributed by atoms with Gasteiger partial charge < -0.3 is 9.13 Å². The summed E-state index contributed by atoms with van der Waals surface area (Å²) < 4.78 is 4.83. The van der Waals surface area contributed by atoms with Gasteiger partial charge in [0.15, 0.2) is 0 Å². The van der Waals surface area contributed by atoms with Gasteiger partial charge in [0.05, 0.1) is 0 Å². The van der Waals surface area contributed by atoms with Crippen molar-refractivity contribution in [1.29, 1.82) is 0 Å². The Labute approximate surface area is 748 Å². The molecular formula is C126H94N2. The number of rotatable bonds is 15. The quantitative estimate of drug-likeness (QED) is 0.0906. The first-order chi connectivity index (χ1) is 63.0. The second kappa shape index (κ2) is 33.1. The van der Waals surface area contributed by atoms with Crippen LogP contribution < -0.4 is 0 Å². The Morgan fingerprint density at radius 1 is 0.133 bits per heavy atom. The van der Waals surface area contributed by atoms with Gasteiger partial charge in [-0.2, -0.15) is 0 Å². The van der Waals surface area contributed by atoms with Crippen LogP contribution in [-0.4, -0.2) is 9.13 Å². The van der Waals surface area contributed by atoms with Crippen molar-refractivity contribution in [3.05, 3.63) is 459 Å². The fourth-order valence-electron chi connectivity index (χ4n) is 20.3. The molecule has 23 aromatic rings. The molecule has 2 heteroatoms. The summed E-state index contributed by atoms with van der Waals surface area (Å²) in [5.41, 5.74) is 42.0. The van der Waals surface area contributed by atoms with Gasteiger partial charge in [0.1, 0.15) is 0 Å². The minimum atomic E-state index is 0.946. The van der Waals surface area contributed by atoms with Crippen LogP contribution in [0.2, 0.25) is 0 Å². The first kappa shape index (κ1) is 78.3. The molecule has 2 nitrogen and oxygen atoms in total. The first-order valence-electron chi connectivity index (χ1n) is 45.0. The molecule has 2 aromatic heterocycles. The molecule has 0 aliphatic rings. The zero-order valence-electron chi connectivity index (χ0n) is 72.9. The normalized spacial score (nSPS) is 11.6. The monoisotopic (exact) mass is 1630 g/mol. The van der Waals surface area contributed by atoms with Crippen molar-refractivity contribution < 1.29 is 0 Å². The molecule has 0 spiro atoms. The summed E-state index contributed by atoms with van der Waals surface area (Å²) in [5, 5.41) is 15.2. The standard InChI is InChI=1S/C66H49N.C60H45N/c1-4-67-63-19-9-8-18-57(63)60-40-54(34-37-64(60)67)49-22-20-47(21-23-49)48-26-30-51(31-27-48)66-59-36-33-55(52-16-10-12-43(2)38-52)41-61(59)65(50-28-24-46(25-29-50)45-14-6-5-7-15-45)58-35-32-56(42-62(58)66)53-17-11-13-44(3)39-53;1-4-61-57-19-9-8-18-51(57)54-36-48(30-33-58(54)61)43-22-20-41(21-23-43)42-24-26-45(27-25-42)60-53-32-29-49(46-16-10-12-39(2)34-46)37-55(53)59(44-14-6-5-7-15-44)52-31-28-50(38-56(52)60)47-17-11-13-40(3)35-47/h5-42H,4H2,1-3H3;5-38H,4H2,1-3H3. The average Bonchev–Trinajstić information content (AvgIpc) is 1.05.